The van der Waals surface area contributed by atoms with Crippen molar-refractivity contribution < 1.29 is 14.3 Å². The van der Waals surface area contributed by atoms with E-state index in [4.69, 9.17) is 9.52 Å². The molecule has 0 saturated carbocycles. The molecule has 0 unspecified atom stereocenters. The Kier molecular flexibility index (Phi) is 2.96. The van der Waals surface area contributed by atoms with E-state index in [1.54, 1.807) is 6.07 Å². The van der Waals surface area contributed by atoms with Gasteiger partial charge in [0.05, 0.1) is 5.75 Å². The number of rotatable bonds is 4. The molecule has 0 atom stereocenters. The zero-order chi connectivity index (χ0) is 13.2. The van der Waals surface area contributed by atoms with Gasteiger partial charge in [-0.05, 0) is 24.3 Å². The minimum Gasteiger partial charge on any atom is -0.475 e. The summed E-state index contributed by atoms with van der Waals surface area (Å²) in [5.74, 6) is -0.0239. The molecule has 0 saturated heterocycles. The Balaban J connectivity index is 1.76. The topological polar surface area (TPSA) is 80.6 Å². The molecular formula is C12H9N3O3S. The van der Waals surface area contributed by atoms with Crippen LogP contribution in [0.25, 0.3) is 5.65 Å². The number of aromatic carboxylic acids is 1. The summed E-state index contributed by atoms with van der Waals surface area (Å²) in [7, 11) is 0. The Hall–Kier alpha value is -2.28. The van der Waals surface area contributed by atoms with Gasteiger partial charge in [-0.2, -0.15) is 0 Å². The lowest BCUT2D eigenvalue weighted by molar-refractivity contribution is 0.0661. The Morgan fingerprint density at radius 3 is 3.00 bits per heavy atom. The predicted octanol–water partition coefficient (Wildman–Crippen LogP) is 2.31. The number of carboxylic acids is 1. The van der Waals surface area contributed by atoms with Crippen molar-refractivity contribution in [1.29, 1.82) is 0 Å². The van der Waals surface area contributed by atoms with Gasteiger partial charge in [0.15, 0.2) is 10.8 Å². The van der Waals surface area contributed by atoms with Crippen LogP contribution < -0.4 is 0 Å². The van der Waals surface area contributed by atoms with Gasteiger partial charge in [-0.15, -0.1) is 10.2 Å². The second kappa shape index (κ2) is 4.77. The van der Waals surface area contributed by atoms with E-state index < -0.39 is 5.97 Å². The monoisotopic (exact) mass is 275 g/mol. The number of carboxylic acid groups (broad SMARTS) is 1. The lowest BCUT2D eigenvalue weighted by atomic mass is 10.4. The molecule has 0 aliphatic rings. The van der Waals surface area contributed by atoms with Crippen LogP contribution in [0.1, 0.15) is 16.3 Å². The first-order valence-electron chi connectivity index (χ1n) is 5.48. The van der Waals surface area contributed by atoms with E-state index in [9.17, 15) is 4.79 Å². The Labute approximate surface area is 112 Å². The molecule has 1 N–H and O–H groups in total. The second-order valence-corrected chi connectivity index (χ2v) is 4.71. The van der Waals surface area contributed by atoms with Gasteiger partial charge >= 0.3 is 5.97 Å². The van der Waals surface area contributed by atoms with Crippen molar-refractivity contribution in [2.75, 3.05) is 0 Å². The van der Waals surface area contributed by atoms with E-state index in [0.717, 1.165) is 10.8 Å². The molecule has 0 aliphatic carbocycles. The van der Waals surface area contributed by atoms with Gasteiger partial charge in [0.25, 0.3) is 0 Å². The van der Waals surface area contributed by atoms with Crippen LogP contribution in [-0.2, 0) is 5.75 Å². The molecule has 96 valence electrons. The largest absolute Gasteiger partial charge is 0.475 e. The van der Waals surface area contributed by atoms with Crippen molar-refractivity contribution in [3.8, 4) is 0 Å². The van der Waals surface area contributed by atoms with E-state index >= 15 is 0 Å². The number of hydrogen-bond acceptors (Lipinski definition) is 5. The van der Waals surface area contributed by atoms with Gasteiger partial charge in [0.2, 0.25) is 5.76 Å². The zero-order valence-electron chi connectivity index (χ0n) is 9.68. The number of furan rings is 1. The molecule has 3 rings (SSSR count). The molecule has 0 aromatic carbocycles. The van der Waals surface area contributed by atoms with Crippen LogP contribution in [0.2, 0.25) is 0 Å². The Morgan fingerprint density at radius 1 is 1.32 bits per heavy atom. The van der Waals surface area contributed by atoms with Crippen LogP contribution in [0.4, 0.5) is 0 Å². The summed E-state index contributed by atoms with van der Waals surface area (Å²) in [6.07, 6.45) is 1.88. The van der Waals surface area contributed by atoms with Crippen LogP contribution in [0.15, 0.2) is 46.1 Å². The average molecular weight is 275 g/mol. The summed E-state index contributed by atoms with van der Waals surface area (Å²) >= 11 is 1.44. The molecular weight excluding hydrogens is 266 g/mol. The zero-order valence-corrected chi connectivity index (χ0v) is 10.5. The summed E-state index contributed by atoms with van der Waals surface area (Å²) < 4.78 is 7.04. The van der Waals surface area contributed by atoms with Crippen LogP contribution >= 0.6 is 11.8 Å². The Morgan fingerprint density at radius 2 is 2.21 bits per heavy atom. The maximum Gasteiger partial charge on any atom is 0.371 e. The molecule has 0 amide bonds. The highest BCUT2D eigenvalue weighted by molar-refractivity contribution is 7.98. The fraction of sp³-hybridized carbons (Fsp3) is 0.0833. The van der Waals surface area contributed by atoms with Crippen molar-refractivity contribution >= 4 is 23.4 Å². The Bertz CT molecular complexity index is 734. The number of fused-ring (bicyclic) bond motifs is 1. The van der Waals surface area contributed by atoms with Crippen LogP contribution in [0.5, 0.6) is 0 Å². The SMILES string of the molecule is O=C(O)c1ccc(CSc2nnc3ccccn23)o1. The number of pyridine rings is 1. The highest BCUT2D eigenvalue weighted by Gasteiger charge is 2.11. The minimum atomic E-state index is -1.07. The third-order valence-electron chi connectivity index (χ3n) is 2.50. The quantitative estimate of drug-likeness (QED) is 0.736. The van der Waals surface area contributed by atoms with E-state index in [2.05, 4.69) is 10.2 Å². The third-order valence-corrected chi connectivity index (χ3v) is 3.46. The number of aromatic nitrogens is 3. The third kappa shape index (κ3) is 2.32. The van der Waals surface area contributed by atoms with Gasteiger partial charge in [0.1, 0.15) is 5.76 Å². The maximum atomic E-state index is 10.7. The molecule has 3 heterocycles. The molecule has 7 heteroatoms. The van der Waals surface area contributed by atoms with E-state index in [-0.39, 0.29) is 5.76 Å². The summed E-state index contributed by atoms with van der Waals surface area (Å²) in [6, 6.07) is 8.76. The van der Waals surface area contributed by atoms with Crippen LogP contribution in [-0.4, -0.2) is 25.7 Å². The lowest BCUT2D eigenvalue weighted by Gasteiger charge is -1.97. The molecule has 3 aromatic rings. The maximum absolute atomic E-state index is 10.7. The van der Waals surface area contributed by atoms with Crippen molar-refractivity contribution in [3.05, 3.63) is 48.0 Å². The number of thioether (sulfide) groups is 1. The van der Waals surface area contributed by atoms with Gasteiger partial charge in [-0.25, -0.2) is 4.79 Å². The highest BCUT2D eigenvalue weighted by Crippen LogP contribution is 2.22. The minimum absolute atomic E-state index is 0.0540. The lowest BCUT2D eigenvalue weighted by Crippen LogP contribution is -1.92. The molecule has 19 heavy (non-hydrogen) atoms. The van der Waals surface area contributed by atoms with Gasteiger partial charge in [0, 0.05) is 6.20 Å². The summed E-state index contributed by atoms with van der Waals surface area (Å²) in [4.78, 5) is 10.7. The fourth-order valence-corrected chi connectivity index (χ4v) is 2.44. The highest BCUT2D eigenvalue weighted by atomic mass is 32.2. The first-order chi connectivity index (χ1) is 9.24. The molecule has 6 nitrogen and oxygen atoms in total. The van der Waals surface area contributed by atoms with Crippen LogP contribution in [0, 0.1) is 0 Å². The molecule has 3 aromatic heterocycles. The summed E-state index contributed by atoms with van der Waals surface area (Å²) in [5, 5.41) is 17.6. The van der Waals surface area contributed by atoms with E-state index in [1.165, 1.54) is 17.8 Å². The first-order valence-corrected chi connectivity index (χ1v) is 6.47. The fourth-order valence-electron chi connectivity index (χ4n) is 1.62. The smallest absolute Gasteiger partial charge is 0.371 e. The first kappa shape index (κ1) is 11.8. The molecule has 0 fully saturated rings. The standard InChI is InChI=1S/C12H9N3O3S/c16-11(17)9-5-4-8(18-9)7-19-12-14-13-10-3-1-2-6-15(10)12/h1-6H,7H2,(H,16,17). The number of hydrogen-bond donors (Lipinski definition) is 1. The molecule has 0 bridgehead atoms. The average Bonchev–Trinajstić information content (AvgIpc) is 3.03. The summed E-state index contributed by atoms with van der Waals surface area (Å²) in [5.41, 5.74) is 0.774. The molecule has 0 radical (unpaired) electrons. The predicted molar refractivity (Wildman–Crippen MR) is 68.2 cm³/mol. The van der Waals surface area contributed by atoms with Gasteiger partial charge < -0.3 is 9.52 Å². The van der Waals surface area contributed by atoms with Crippen molar-refractivity contribution in [3.63, 3.8) is 0 Å². The van der Waals surface area contributed by atoms with Crippen molar-refractivity contribution in [2.24, 2.45) is 0 Å². The molecule has 0 aliphatic heterocycles. The number of nitrogens with zero attached hydrogens (tertiary/aromatic N) is 3. The second-order valence-electron chi connectivity index (χ2n) is 3.77. The van der Waals surface area contributed by atoms with Crippen molar-refractivity contribution in [1.82, 2.24) is 14.6 Å². The van der Waals surface area contributed by atoms with Gasteiger partial charge in [-0.3, -0.25) is 4.40 Å². The van der Waals surface area contributed by atoms with E-state index in [0.29, 0.717) is 11.5 Å². The van der Waals surface area contributed by atoms with Crippen molar-refractivity contribution in [2.45, 2.75) is 10.9 Å². The number of carbonyl (C=O) groups is 1. The van der Waals surface area contributed by atoms with E-state index in [1.807, 2.05) is 28.8 Å². The van der Waals surface area contributed by atoms with Crippen LogP contribution in [0.3, 0.4) is 0 Å². The van der Waals surface area contributed by atoms with Gasteiger partial charge in [-0.1, -0.05) is 17.8 Å². The molecule has 0 spiro atoms. The summed E-state index contributed by atoms with van der Waals surface area (Å²) in [6.45, 7) is 0. The normalized spacial score (nSPS) is 10.9.